The van der Waals surface area contributed by atoms with Gasteiger partial charge in [-0.25, -0.2) is 0 Å². The predicted octanol–water partition coefficient (Wildman–Crippen LogP) is 3.73. The Labute approximate surface area is 168 Å². The highest BCUT2D eigenvalue weighted by Crippen LogP contribution is 2.65. The maximum Gasteiger partial charge on any atom is 0.397 e. The van der Waals surface area contributed by atoms with E-state index in [9.17, 15) is 13.2 Å². The van der Waals surface area contributed by atoms with Gasteiger partial charge in [0.25, 0.3) is 0 Å². The first-order chi connectivity index (χ1) is 12.6. The molecule has 0 aromatic heterocycles. The summed E-state index contributed by atoms with van der Waals surface area (Å²) >= 11 is 0. The van der Waals surface area contributed by atoms with E-state index in [1.165, 1.54) is 5.69 Å². The number of rotatable bonds is 3. The third-order valence-electron chi connectivity index (χ3n) is 6.57. The molecule has 0 amide bonds. The summed E-state index contributed by atoms with van der Waals surface area (Å²) in [6.45, 7) is 6.70. The van der Waals surface area contributed by atoms with Gasteiger partial charge in [0.1, 0.15) is 5.69 Å². The summed E-state index contributed by atoms with van der Waals surface area (Å²) in [6.07, 6.45) is 4.33. The highest BCUT2D eigenvalue weighted by Gasteiger charge is 2.63. The van der Waals surface area contributed by atoms with Gasteiger partial charge in [0.2, 0.25) is 0 Å². The van der Waals surface area contributed by atoms with E-state index < -0.39 is 10.4 Å². The monoisotopic (exact) mass is 410 g/mol. The number of benzene rings is 1. The second-order valence-corrected chi connectivity index (χ2v) is 10.5. The maximum atomic E-state index is 12.9. The SMILES string of the molecule is CC12CCC(C(=Cc3ccc([N+](C)(C)C)cc3)C1=O)C2(C)C.COS(=O)(=O)O. The Kier molecular flexibility index (Phi) is 5.99. The molecule has 6 nitrogen and oxygen atoms in total. The molecule has 2 bridgehead atoms. The topological polar surface area (TPSA) is 80.7 Å². The van der Waals surface area contributed by atoms with Gasteiger partial charge in [-0.2, -0.15) is 8.42 Å². The van der Waals surface area contributed by atoms with Crippen molar-refractivity contribution in [3.05, 3.63) is 35.4 Å². The van der Waals surface area contributed by atoms with Gasteiger partial charge in [0, 0.05) is 5.41 Å². The molecule has 2 atom stereocenters. The van der Waals surface area contributed by atoms with Crippen LogP contribution in [0.5, 0.6) is 0 Å². The number of hydrogen-bond acceptors (Lipinski definition) is 4. The van der Waals surface area contributed by atoms with Crippen molar-refractivity contribution >= 4 is 27.9 Å². The van der Waals surface area contributed by atoms with Crippen LogP contribution in [0.3, 0.4) is 0 Å². The lowest BCUT2D eigenvalue weighted by Gasteiger charge is -2.31. The van der Waals surface area contributed by atoms with Gasteiger partial charge in [0.05, 0.1) is 28.3 Å². The minimum atomic E-state index is -4.16. The average Bonchev–Trinajstić information content (AvgIpc) is 2.88. The number of quaternary nitrogens is 1. The summed E-state index contributed by atoms with van der Waals surface area (Å²) in [5, 5.41) is 0. The molecule has 2 saturated carbocycles. The van der Waals surface area contributed by atoms with Gasteiger partial charge in [-0.05, 0) is 65.7 Å². The van der Waals surface area contributed by atoms with E-state index in [0.717, 1.165) is 35.6 Å². The Morgan fingerprint density at radius 1 is 1.14 bits per heavy atom. The van der Waals surface area contributed by atoms with E-state index in [4.69, 9.17) is 4.55 Å². The quantitative estimate of drug-likeness (QED) is 0.467. The fourth-order valence-electron chi connectivity index (χ4n) is 4.29. The van der Waals surface area contributed by atoms with Crippen molar-refractivity contribution < 1.29 is 21.9 Å². The Morgan fingerprint density at radius 2 is 1.64 bits per heavy atom. The normalized spacial score (nSPS) is 27.6. The molecular formula is C21H32NO5S+. The van der Waals surface area contributed by atoms with Crippen LogP contribution in [0, 0.1) is 16.7 Å². The molecule has 0 aliphatic heterocycles. The standard InChI is InChI=1S/C20H28NO.CH4O4S/c1-19(2)17-11-12-20(19,3)18(22)16(17)13-14-7-9-15(10-8-14)21(4,5)6;1-5-6(2,3)4/h7-10,13,17H,11-12H2,1-6H3;1H3,(H,2,3,4)/q+1;. The molecule has 2 aliphatic carbocycles. The minimum Gasteiger partial charge on any atom is -0.298 e. The summed E-state index contributed by atoms with van der Waals surface area (Å²) in [6, 6.07) is 8.61. The van der Waals surface area contributed by atoms with Gasteiger partial charge in [-0.1, -0.05) is 20.8 Å². The smallest absolute Gasteiger partial charge is 0.298 e. The Balaban J connectivity index is 0.000000409. The van der Waals surface area contributed by atoms with Crippen molar-refractivity contribution in [2.75, 3.05) is 28.3 Å². The fourth-order valence-corrected chi connectivity index (χ4v) is 4.29. The summed E-state index contributed by atoms with van der Waals surface area (Å²) < 4.78 is 30.5. The maximum absolute atomic E-state index is 12.9. The molecule has 28 heavy (non-hydrogen) atoms. The molecule has 7 heteroatoms. The highest BCUT2D eigenvalue weighted by atomic mass is 32.3. The zero-order valence-corrected chi connectivity index (χ0v) is 18.6. The van der Waals surface area contributed by atoms with Crippen LogP contribution in [0.1, 0.15) is 39.2 Å². The van der Waals surface area contributed by atoms with Crippen molar-refractivity contribution in [2.45, 2.75) is 33.6 Å². The number of allylic oxidation sites excluding steroid dienone is 1. The van der Waals surface area contributed by atoms with Crippen LogP contribution in [0.2, 0.25) is 0 Å². The summed E-state index contributed by atoms with van der Waals surface area (Å²) in [4.78, 5) is 12.9. The van der Waals surface area contributed by atoms with E-state index in [1.54, 1.807) is 0 Å². The molecule has 1 aromatic rings. The van der Waals surface area contributed by atoms with Crippen molar-refractivity contribution in [2.24, 2.45) is 16.7 Å². The average molecular weight is 411 g/mol. The molecule has 156 valence electrons. The fraction of sp³-hybridized carbons (Fsp3) is 0.571. The molecular weight excluding hydrogens is 378 g/mol. The molecule has 1 N–H and O–H groups in total. The summed E-state index contributed by atoms with van der Waals surface area (Å²) in [5.74, 6) is 0.799. The lowest BCUT2D eigenvalue weighted by molar-refractivity contribution is -0.125. The highest BCUT2D eigenvalue weighted by molar-refractivity contribution is 7.80. The predicted molar refractivity (Wildman–Crippen MR) is 112 cm³/mol. The van der Waals surface area contributed by atoms with Crippen LogP contribution in [0.4, 0.5) is 5.69 Å². The van der Waals surface area contributed by atoms with Crippen molar-refractivity contribution in [1.82, 2.24) is 4.48 Å². The lowest BCUT2D eigenvalue weighted by Crippen LogP contribution is -2.34. The van der Waals surface area contributed by atoms with Crippen LogP contribution in [0.15, 0.2) is 29.8 Å². The second kappa shape index (κ2) is 7.37. The first kappa shape index (κ1) is 22.7. The van der Waals surface area contributed by atoms with Gasteiger partial charge < -0.3 is 0 Å². The number of carbonyl (C=O) groups excluding carboxylic acids is 1. The van der Waals surface area contributed by atoms with E-state index in [-0.39, 0.29) is 10.8 Å². The third-order valence-corrected chi connectivity index (χ3v) is 6.99. The molecule has 0 spiro atoms. The van der Waals surface area contributed by atoms with Gasteiger partial charge in [-0.3, -0.25) is 18.0 Å². The summed E-state index contributed by atoms with van der Waals surface area (Å²) in [5.41, 5.74) is 3.40. The van der Waals surface area contributed by atoms with Crippen molar-refractivity contribution in [3.63, 3.8) is 0 Å². The van der Waals surface area contributed by atoms with E-state index in [1.807, 2.05) is 0 Å². The van der Waals surface area contributed by atoms with E-state index in [2.05, 4.69) is 76.4 Å². The molecule has 2 fully saturated rings. The van der Waals surface area contributed by atoms with Crippen LogP contribution >= 0.6 is 0 Å². The number of Topliss-reactive ketones (excluding diaryl/α,β-unsaturated/α-hetero) is 1. The number of nitrogens with zero attached hydrogens (tertiary/aromatic N) is 1. The van der Waals surface area contributed by atoms with Crippen LogP contribution in [0.25, 0.3) is 6.08 Å². The van der Waals surface area contributed by atoms with Gasteiger partial charge in [0.15, 0.2) is 5.78 Å². The third kappa shape index (κ3) is 4.22. The molecule has 3 rings (SSSR count). The lowest BCUT2D eigenvalue weighted by atomic mass is 9.70. The van der Waals surface area contributed by atoms with Crippen LogP contribution < -0.4 is 4.48 Å². The molecule has 1 aromatic carbocycles. The van der Waals surface area contributed by atoms with Gasteiger partial charge >= 0.3 is 10.4 Å². The van der Waals surface area contributed by atoms with Gasteiger partial charge in [-0.15, -0.1) is 0 Å². The Bertz CT molecular complexity index is 878. The molecule has 0 heterocycles. The largest absolute Gasteiger partial charge is 0.397 e. The second-order valence-electron chi connectivity index (χ2n) is 9.27. The number of hydrogen-bond donors (Lipinski definition) is 1. The van der Waals surface area contributed by atoms with Crippen LogP contribution in [-0.4, -0.2) is 47.0 Å². The van der Waals surface area contributed by atoms with Crippen molar-refractivity contribution in [3.8, 4) is 0 Å². The van der Waals surface area contributed by atoms with E-state index >= 15 is 0 Å². The number of carbonyl (C=O) groups is 1. The molecule has 0 radical (unpaired) electrons. The van der Waals surface area contributed by atoms with Crippen LogP contribution in [-0.2, 0) is 19.4 Å². The summed E-state index contributed by atoms with van der Waals surface area (Å²) in [7, 11) is 3.20. The van der Waals surface area contributed by atoms with E-state index in [0.29, 0.717) is 11.7 Å². The number of ketones is 1. The molecule has 0 saturated heterocycles. The molecule has 2 unspecified atom stereocenters. The molecule has 2 aliphatic rings. The number of fused-ring (bicyclic) bond motifs is 2. The first-order valence-corrected chi connectivity index (χ1v) is 10.7. The van der Waals surface area contributed by atoms with Crippen molar-refractivity contribution in [1.29, 1.82) is 0 Å². The Morgan fingerprint density at radius 3 is 2.00 bits per heavy atom. The first-order valence-electron chi connectivity index (χ1n) is 9.35. The minimum absolute atomic E-state index is 0.0954. The Hall–Kier alpha value is -1.54. The zero-order chi connectivity index (χ0) is 21.5. The zero-order valence-electron chi connectivity index (χ0n) is 17.8.